The first-order valence-corrected chi connectivity index (χ1v) is 11.5. The van der Waals surface area contributed by atoms with E-state index in [0.29, 0.717) is 27.8 Å². The Kier molecular flexibility index (Phi) is 5.45. The maximum atomic E-state index is 12.9. The molecule has 3 heterocycles. The Morgan fingerprint density at radius 2 is 1.94 bits per heavy atom. The smallest absolute Gasteiger partial charge is 0.278 e. The van der Waals surface area contributed by atoms with Crippen molar-refractivity contribution in [2.45, 2.75) is 32.4 Å². The molecule has 1 aliphatic rings. The number of fused-ring (bicyclic) bond motifs is 1. The average molecular weight is 446 g/mol. The second kappa shape index (κ2) is 8.55. The zero-order valence-electron chi connectivity index (χ0n) is 17.7. The number of nitrogens with one attached hydrogen (secondary N) is 2. The lowest BCUT2D eigenvalue weighted by Gasteiger charge is -2.23. The highest BCUT2D eigenvalue weighted by atomic mass is 32.1. The second-order valence-electron chi connectivity index (χ2n) is 7.93. The number of aromatic nitrogens is 3. The first-order valence-electron chi connectivity index (χ1n) is 10.7. The van der Waals surface area contributed by atoms with Crippen molar-refractivity contribution in [2.75, 3.05) is 11.4 Å². The third-order valence-corrected chi connectivity index (χ3v) is 6.76. The normalized spacial score (nSPS) is 15.9. The Bertz CT molecular complexity index is 1330. The van der Waals surface area contributed by atoms with Crippen molar-refractivity contribution in [1.82, 2.24) is 20.3 Å². The molecular weight excluding hydrogens is 422 g/mol. The van der Waals surface area contributed by atoms with E-state index in [-0.39, 0.29) is 17.5 Å². The Balaban J connectivity index is 1.41. The Hall–Kier alpha value is -3.52. The van der Waals surface area contributed by atoms with Crippen molar-refractivity contribution in [3.8, 4) is 11.4 Å². The molecule has 1 aliphatic heterocycles. The maximum Gasteiger partial charge on any atom is 0.278 e. The molecule has 0 spiro atoms. The maximum absolute atomic E-state index is 12.9. The van der Waals surface area contributed by atoms with E-state index < -0.39 is 0 Å². The fraction of sp³-hybridized carbons (Fsp3) is 0.250. The Morgan fingerprint density at radius 1 is 1.16 bits per heavy atom. The van der Waals surface area contributed by atoms with E-state index in [1.54, 1.807) is 0 Å². The third-order valence-electron chi connectivity index (χ3n) is 5.77. The molecule has 0 bridgehead atoms. The topological polar surface area (TPSA) is 91.0 Å². The predicted molar refractivity (Wildman–Crippen MR) is 127 cm³/mol. The van der Waals surface area contributed by atoms with Crippen LogP contribution in [0.25, 0.3) is 21.7 Å². The van der Waals surface area contributed by atoms with Crippen molar-refractivity contribution >= 4 is 32.7 Å². The van der Waals surface area contributed by atoms with E-state index in [1.807, 2.05) is 66.4 Å². The number of amides is 1. The number of anilines is 1. The van der Waals surface area contributed by atoms with Crippen LogP contribution in [0.15, 0.2) is 59.4 Å². The van der Waals surface area contributed by atoms with E-state index in [4.69, 9.17) is 0 Å². The second-order valence-corrected chi connectivity index (χ2v) is 8.89. The number of nitrogens with zero attached hydrogens (tertiary/aromatic N) is 3. The molecule has 0 radical (unpaired) electrons. The number of hydrogen-bond acceptors (Lipinski definition) is 6. The molecule has 2 aromatic carbocycles. The highest BCUT2D eigenvalue weighted by molar-refractivity contribution is 7.21. The van der Waals surface area contributed by atoms with Gasteiger partial charge in [0, 0.05) is 18.7 Å². The lowest BCUT2D eigenvalue weighted by atomic mass is 10.1. The summed E-state index contributed by atoms with van der Waals surface area (Å²) in [4.78, 5) is 40.3. The average Bonchev–Trinajstić information content (AvgIpc) is 3.46. The standard InChI is InChI=1S/C24H23N5O2S/c1-15-8-5-6-11-17(15)20-27-22(31)19-23(28-20)32-24(26-19)29-13-7-12-18(29)21(30)25-14-16-9-3-2-4-10-16/h2-6,8-11,18H,7,12-14H2,1H3,(H,25,30)(H,27,28,31)/t18-/m1/s1. The summed E-state index contributed by atoms with van der Waals surface area (Å²) in [5, 5.41) is 3.70. The summed E-state index contributed by atoms with van der Waals surface area (Å²) in [7, 11) is 0. The summed E-state index contributed by atoms with van der Waals surface area (Å²) in [5.41, 5.74) is 3.04. The van der Waals surface area contributed by atoms with Gasteiger partial charge in [0.2, 0.25) is 5.91 Å². The molecule has 0 aliphatic carbocycles. The lowest BCUT2D eigenvalue weighted by Crippen LogP contribution is -2.43. The van der Waals surface area contributed by atoms with Gasteiger partial charge < -0.3 is 15.2 Å². The van der Waals surface area contributed by atoms with Gasteiger partial charge in [-0.3, -0.25) is 9.59 Å². The number of thiazole rings is 1. The van der Waals surface area contributed by atoms with Gasteiger partial charge in [-0.05, 0) is 30.9 Å². The van der Waals surface area contributed by atoms with Crippen LogP contribution >= 0.6 is 11.3 Å². The van der Waals surface area contributed by atoms with Crippen LogP contribution < -0.4 is 15.8 Å². The molecule has 8 heteroatoms. The summed E-state index contributed by atoms with van der Waals surface area (Å²) in [5.74, 6) is 0.516. The minimum atomic E-state index is -0.297. The van der Waals surface area contributed by atoms with Gasteiger partial charge in [0.15, 0.2) is 15.5 Å². The fourth-order valence-electron chi connectivity index (χ4n) is 4.08. The van der Waals surface area contributed by atoms with Crippen LogP contribution in [0.5, 0.6) is 0 Å². The Labute approximate surface area is 189 Å². The quantitative estimate of drug-likeness (QED) is 0.489. The summed E-state index contributed by atoms with van der Waals surface area (Å²) in [6, 6.07) is 17.4. The number of H-pyrrole nitrogens is 1. The van der Waals surface area contributed by atoms with Crippen molar-refractivity contribution in [3.05, 3.63) is 76.1 Å². The lowest BCUT2D eigenvalue weighted by molar-refractivity contribution is -0.122. The molecule has 1 atom stereocenters. The largest absolute Gasteiger partial charge is 0.350 e. The number of benzene rings is 2. The molecule has 2 N–H and O–H groups in total. The highest BCUT2D eigenvalue weighted by Crippen LogP contribution is 2.32. The number of carbonyl (C=O) groups is 1. The molecule has 1 saturated heterocycles. The van der Waals surface area contributed by atoms with Crippen LogP contribution in [-0.4, -0.2) is 33.4 Å². The summed E-state index contributed by atoms with van der Waals surface area (Å²) in [6.07, 6.45) is 1.66. The molecule has 1 amide bonds. The van der Waals surface area contributed by atoms with E-state index in [2.05, 4.69) is 20.3 Å². The third kappa shape index (κ3) is 3.89. The van der Waals surface area contributed by atoms with Gasteiger partial charge in [-0.2, -0.15) is 0 Å². The zero-order chi connectivity index (χ0) is 22.1. The molecule has 4 aromatic rings. The fourth-order valence-corrected chi connectivity index (χ4v) is 5.10. The highest BCUT2D eigenvalue weighted by Gasteiger charge is 2.33. The molecule has 162 valence electrons. The molecule has 1 fully saturated rings. The van der Waals surface area contributed by atoms with Crippen molar-refractivity contribution in [2.24, 2.45) is 0 Å². The van der Waals surface area contributed by atoms with E-state index in [9.17, 15) is 9.59 Å². The molecule has 7 nitrogen and oxygen atoms in total. The van der Waals surface area contributed by atoms with Crippen LogP contribution in [0.3, 0.4) is 0 Å². The minimum absolute atomic E-state index is 0.0203. The summed E-state index contributed by atoms with van der Waals surface area (Å²) < 4.78 is 0. The van der Waals surface area contributed by atoms with Gasteiger partial charge in [0.25, 0.3) is 5.56 Å². The van der Waals surface area contributed by atoms with E-state index in [1.165, 1.54) is 11.3 Å². The van der Waals surface area contributed by atoms with Gasteiger partial charge in [-0.1, -0.05) is 65.9 Å². The molecular formula is C24H23N5O2S. The molecule has 0 saturated carbocycles. The molecule has 0 unspecified atom stereocenters. The van der Waals surface area contributed by atoms with Gasteiger partial charge in [-0.15, -0.1) is 0 Å². The van der Waals surface area contributed by atoms with E-state index >= 15 is 0 Å². The van der Waals surface area contributed by atoms with Crippen LogP contribution in [0, 0.1) is 6.92 Å². The number of rotatable bonds is 5. The summed E-state index contributed by atoms with van der Waals surface area (Å²) in [6.45, 7) is 3.21. The molecule has 2 aromatic heterocycles. The molecule has 5 rings (SSSR count). The number of aromatic amines is 1. The minimum Gasteiger partial charge on any atom is -0.350 e. The number of aryl methyl sites for hydroxylation is 1. The van der Waals surface area contributed by atoms with Crippen molar-refractivity contribution in [3.63, 3.8) is 0 Å². The van der Waals surface area contributed by atoms with Crippen LogP contribution in [0.2, 0.25) is 0 Å². The van der Waals surface area contributed by atoms with Gasteiger partial charge in [0.05, 0.1) is 0 Å². The van der Waals surface area contributed by atoms with Gasteiger partial charge >= 0.3 is 0 Å². The number of hydrogen-bond donors (Lipinski definition) is 2. The predicted octanol–water partition coefficient (Wildman–Crippen LogP) is 3.64. The Morgan fingerprint density at radius 3 is 2.75 bits per heavy atom. The van der Waals surface area contributed by atoms with Crippen LogP contribution in [0.1, 0.15) is 24.0 Å². The SMILES string of the molecule is Cc1ccccc1-c1nc2sc(N3CCC[C@@H]3C(=O)NCc3ccccc3)nc2c(=O)[nH]1. The number of carbonyl (C=O) groups excluding carboxylic acids is 1. The zero-order valence-corrected chi connectivity index (χ0v) is 18.5. The first-order chi connectivity index (χ1) is 15.6. The first kappa shape index (κ1) is 20.4. The monoisotopic (exact) mass is 445 g/mol. The van der Waals surface area contributed by atoms with Gasteiger partial charge in [-0.25, -0.2) is 9.97 Å². The summed E-state index contributed by atoms with van der Waals surface area (Å²) >= 11 is 1.36. The van der Waals surface area contributed by atoms with Gasteiger partial charge in [0.1, 0.15) is 11.9 Å². The van der Waals surface area contributed by atoms with Crippen LogP contribution in [-0.2, 0) is 11.3 Å². The van der Waals surface area contributed by atoms with Crippen molar-refractivity contribution in [1.29, 1.82) is 0 Å². The van der Waals surface area contributed by atoms with Crippen LogP contribution in [0.4, 0.5) is 5.13 Å². The molecule has 32 heavy (non-hydrogen) atoms. The van der Waals surface area contributed by atoms with E-state index in [0.717, 1.165) is 36.1 Å². The van der Waals surface area contributed by atoms with Crippen molar-refractivity contribution < 1.29 is 4.79 Å².